The second-order valence-corrected chi connectivity index (χ2v) is 3.44. The molecule has 1 rings (SSSR count). The monoisotopic (exact) mass is 187 g/mol. The largest absolute Gasteiger partial charge is 0.480 e. The molecule has 1 N–H and O–H groups in total. The van der Waals surface area contributed by atoms with Gasteiger partial charge >= 0.3 is 5.97 Å². The molecule has 1 fully saturated rings. The maximum atomic E-state index is 10.4. The van der Waals surface area contributed by atoms with Crippen molar-refractivity contribution in [3.8, 4) is 0 Å². The summed E-state index contributed by atoms with van der Waals surface area (Å²) in [5.74, 6) is -0.212. The zero-order valence-corrected chi connectivity index (χ0v) is 8.03. The van der Waals surface area contributed by atoms with Gasteiger partial charge in [-0.25, -0.2) is 0 Å². The van der Waals surface area contributed by atoms with Crippen molar-refractivity contribution >= 4 is 5.97 Å². The second kappa shape index (κ2) is 5.19. The number of carboxylic acids is 1. The van der Waals surface area contributed by atoms with Gasteiger partial charge in [0.1, 0.15) is 0 Å². The van der Waals surface area contributed by atoms with Crippen LogP contribution in [0.4, 0.5) is 0 Å². The number of hydrogen-bond acceptors (Lipinski definition) is 3. The summed E-state index contributed by atoms with van der Waals surface area (Å²) in [6.07, 6.45) is 1.06. The first-order valence-corrected chi connectivity index (χ1v) is 4.74. The number of likely N-dealkylation sites (tertiary alicyclic amines) is 1. The van der Waals surface area contributed by atoms with Gasteiger partial charge in [-0.2, -0.15) is 0 Å². The van der Waals surface area contributed by atoms with Gasteiger partial charge in [-0.15, -0.1) is 0 Å². The lowest BCUT2D eigenvalue weighted by atomic mass is 10.1. The van der Waals surface area contributed by atoms with Gasteiger partial charge in [0.25, 0.3) is 0 Å². The third-order valence-corrected chi connectivity index (χ3v) is 2.29. The molecule has 0 unspecified atom stereocenters. The minimum atomic E-state index is -0.739. The van der Waals surface area contributed by atoms with Crippen LogP contribution in [-0.2, 0) is 9.53 Å². The molecular formula is C9H17NO3. The first kappa shape index (κ1) is 10.5. The highest BCUT2D eigenvalue weighted by atomic mass is 16.5. The van der Waals surface area contributed by atoms with Gasteiger partial charge in [0, 0.05) is 13.2 Å². The SMILES string of the molecule is CCOC[C@@H]1CCN(CC(=O)O)C1. The van der Waals surface area contributed by atoms with E-state index in [1.54, 1.807) is 0 Å². The zero-order chi connectivity index (χ0) is 9.68. The number of carboxylic acid groups (broad SMARTS) is 1. The van der Waals surface area contributed by atoms with Gasteiger partial charge < -0.3 is 9.84 Å². The van der Waals surface area contributed by atoms with Gasteiger partial charge in [-0.05, 0) is 25.8 Å². The van der Waals surface area contributed by atoms with E-state index in [2.05, 4.69) is 0 Å². The van der Waals surface area contributed by atoms with E-state index in [0.717, 1.165) is 32.7 Å². The van der Waals surface area contributed by atoms with Crippen molar-refractivity contribution in [3.63, 3.8) is 0 Å². The summed E-state index contributed by atoms with van der Waals surface area (Å²) < 4.78 is 5.30. The zero-order valence-electron chi connectivity index (χ0n) is 8.03. The quantitative estimate of drug-likeness (QED) is 0.678. The van der Waals surface area contributed by atoms with Crippen molar-refractivity contribution in [1.29, 1.82) is 0 Å². The van der Waals surface area contributed by atoms with Crippen LogP contribution in [0.15, 0.2) is 0 Å². The Bertz CT molecular complexity index is 172. The molecule has 1 saturated heterocycles. The van der Waals surface area contributed by atoms with Crippen molar-refractivity contribution < 1.29 is 14.6 Å². The minimum Gasteiger partial charge on any atom is -0.480 e. The third-order valence-electron chi connectivity index (χ3n) is 2.29. The molecule has 1 aliphatic rings. The molecular weight excluding hydrogens is 170 g/mol. The summed E-state index contributed by atoms with van der Waals surface area (Å²) in [7, 11) is 0. The lowest BCUT2D eigenvalue weighted by molar-refractivity contribution is -0.138. The van der Waals surface area contributed by atoms with Crippen molar-refractivity contribution in [3.05, 3.63) is 0 Å². The summed E-state index contributed by atoms with van der Waals surface area (Å²) in [6.45, 7) is 5.42. The van der Waals surface area contributed by atoms with E-state index in [0.29, 0.717) is 5.92 Å². The highest BCUT2D eigenvalue weighted by molar-refractivity contribution is 5.69. The number of hydrogen-bond donors (Lipinski definition) is 1. The molecule has 0 aliphatic carbocycles. The van der Waals surface area contributed by atoms with E-state index < -0.39 is 5.97 Å². The van der Waals surface area contributed by atoms with Crippen LogP contribution in [0.3, 0.4) is 0 Å². The van der Waals surface area contributed by atoms with Crippen LogP contribution in [-0.4, -0.2) is 48.8 Å². The average molecular weight is 187 g/mol. The smallest absolute Gasteiger partial charge is 0.317 e. The fourth-order valence-corrected chi connectivity index (χ4v) is 1.67. The fraction of sp³-hybridized carbons (Fsp3) is 0.889. The number of nitrogens with zero attached hydrogens (tertiary/aromatic N) is 1. The molecule has 0 aromatic carbocycles. The molecule has 0 radical (unpaired) electrons. The Morgan fingerprint density at radius 2 is 2.46 bits per heavy atom. The van der Waals surface area contributed by atoms with Crippen molar-refractivity contribution in [2.45, 2.75) is 13.3 Å². The highest BCUT2D eigenvalue weighted by Crippen LogP contribution is 2.15. The van der Waals surface area contributed by atoms with E-state index in [1.165, 1.54) is 0 Å². The maximum absolute atomic E-state index is 10.4. The summed E-state index contributed by atoms with van der Waals surface area (Å²) >= 11 is 0. The number of rotatable bonds is 5. The molecule has 0 saturated carbocycles. The minimum absolute atomic E-state index is 0.169. The fourth-order valence-electron chi connectivity index (χ4n) is 1.67. The lowest BCUT2D eigenvalue weighted by Crippen LogP contribution is -2.28. The molecule has 0 aromatic rings. The van der Waals surface area contributed by atoms with Gasteiger partial charge in [0.15, 0.2) is 0 Å². The molecule has 4 nitrogen and oxygen atoms in total. The molecule has 0 amide bonds. The van der Waals surface area contributed by atoms with Crippen molar-refractivity contribution in [1.82, 2.24) is 4.90 Å². The Balaban J connectivity index is 2.16. The predicted octanol–water partition coefficient (Wildman–Crippen LogP) is 0.429. The van der Waals surface area contributed by atoms with Crippen molar-refractivity contribution in [2.24, 2.45) is 5.92 Å². The summed E-state index contributed by atoms with van der Waals surface area (Å²) in [5, 5.41) is 8.56. The highest BCUT2D eigenvalue weighted by Gasteiger charge is 2.23. The molecule has 0 bridgehead atoms. The van der Waals surface area contributed by atoms with Crippen LogP contribution in [0.2, 0.25) is 0 Å². The van der Waals surface area contributed by atoms with Crippen LogP contribution < -0.4 is 0 Å². The molecule has 1 aliphatic heterocycles. The van der Waals surface area contributed by atoms with Crippen molar-refractivity contribution in [2.75, 3.05) is 32.8 Å². The Morgan fingerprint density at radius 1 is 1.69 bits per heavy atom. The van der Waals surface area contributed by atoms with Gasteiger partial charge in [0.2, 0.25) is 0 Å². The van der Waals surface area contributed by atoms with Gasteiger partial charge in [0.05, 0.1) is 13.2 Å². The Kier molecular flexibility index (Phi) is 4.18. The molecule has 13 heavy (non-hydrogen) atoms. The van der Waals surface area contributed by atoms with E-state index in [1.807, 2.05) is 11.8 Å². The van der Waals surface area contributed by atoms with E-state index >= 15 is 0 Å². The molecule has 76 valence electrons. The molecule has 1 atom stereocenters. The predicted molar refractivity (Wildman–Crippen MR) is 48.7 cm³/mol. The summed E-state index contributed by atoms with van der Waals surface area (Å²) in [4.78, 5) is 12.4. The first-order chi connectivity index (χ1) is 6.22. The summed E-state index contributed by atoms with van der Waals surface area (Å²) in [5.41, 5.74) is 0. The van der Waals surface area contributed by atoms with Crippen LogP contribution in [0, 0.1) is 5.92 Å². The molecule has 0 aromatic heterocycles. The topological polar surface area (TPSA) is 49.8 Å². The van der Waals surface area contributed by atoms with E-state index in [-0.39, 0.29) is 6.54 Å². The van der Waals surface area contributed by atoms with Gasteiger partial charge in [-0.3, -0.25) is 9.69 Å². The van der Waals surface area contributed by atoms with Crippen LogP contribution in [0.1, 0.15) is 13.3 Å². The Morgan fingerprint density at radius 3 is 3.08 bits per heavy atom. The molecule has 4 heteroatoms. The molecule has 0 spiro atoms. The van der Waals surface area contributed by atoms with Gasteiger partial charge in [-0.1, -0.05) is 0 Å². The molecule has 1 heterocycles. The van der Waals surface area contributed by atoms with Crippen LogP contribution >= 0.6 is 0 Å². The van der Waals surface area contributed by atoms with E-state index in [9.17, 15) is 4.79 Å². The normalized spacial score (nSPS) is 23.6. The lowest BCUT2D eigenvalue weighted by Gasteiger charge is -2.12. The third kappa shape index (κ3) is 3.74. The number of ether oxygens (including phenoxy) is 1. The standard InChI is InChI=1S/C9H17NO3/c1-2-13-7-8-3-4-10(5-8)6-9(11)12/h8H,2-7H2,1H3,(H,11,12)/t8-/m1/s1. The Hall–Kier alpha value is -0.610. The Labute approximate surface area is 78.5 Å². The average Bonchev–Trinajstić information content (AvgIpc) is 2.48. The second-order valence-electron chi connectivity index (χ2n) is 3.44. The summed E-state index contributed by atoms with van der Waals surface area (Å²) in [6, 6.07) is 0. The number of aliphatic carboxylic acids is 1. The van der Waals surface area contributed by atoms with E-state index in [4.69, 9.17) is 9.84 Å². The first-order valence-electron chi connectivity index (χ1n) is 4.74. The van der Waals surface area contributed by atoms with Crippen LogP contribution in [0.5, 0.6) is 0 Å². The number of carbonyl (C=O) groups is 1. The van der Waals surface area contributed by atoms with Crippen LogP contribution in [0.25, 0.3) is 0 Å². The maximum Gasteiger partial charge on any atom is 0.317 e.